The fraction of sp³-hybridized carbons (Fsp3) is 0.406. The van der Waals surface area contributed by atoms with Crippen molar-refractivity contribution in [2.45, 2.75) is 51.4 Å². The van der Waals surface area contributed by atoms with Gasteiger partial charge in [0.2, 0.25) is 0 Å². The molecule has 2 bridgehead atoms. The average Bonchev–Trinajstić information content (AvgIpc) is 3.19. The molecular weight excluding hydrogens is 458 g/mol. The quantitative estimate of drug-likeness (QED) is 0.385. The summed E-state index contributed by atoms with van der Waals surface area (Å²) in [6, 6.07) is 28.8. The molecule has 5 rings (SSSR count). The summed E-state index contributed by atoms with van der Waals surface area (Å²) in [5, 5.41) is 0. The van der Waals surface area contributed by atoms with Gasteiger partial charge in [-0.25, -0.2) is 0 Å². The molecule has 0 spiro atoms. The molecular formula is C32H39N3O2. The predicted octanol–water partition coefficient (Wildman–Crippen LogP) is 5.62. The zero-order valence-electron chi connectivity index (χ0n) is 22.3. The summed E-state index contributed by atoms with van der Waals surface area (Å²) in [5.74, 6) is 0.981. The summed E-state index contributed by atoms with van der Waals surface area (Å²) in [4.78, 5) is 20.2. The summed E-state index contributed by atoms with van der Waals surface area (Å²) >= 11 is 0. The number of nitrogens with zero attached hydrogens (tertiary/aromatic N) is 3. The van der Waals surface area contributed by atoms with E-state index in [2.05, 4.69) is 70.5 Å². The molecule has 2 heterocycles. The van der Waals surface area contributed by atoms with Gasteiger partial charge in [-0.3, -0.25) is 14.6 Å². The molecule has 0 N–H and O–H groups in total. The number of piperazine rings is 1. The minimum Gasteiger partial charge on any atom is -0.497 e. The third-order valence-electron chi connectivity index (χ3n) is 8.09. The highest BCUT2D eigenvalue weighted by molar-refractivity contribution is 5.94. The summed E-state index contributed by atoms with van der Waals surface area (Å²) < 4.78 is 5.61. The molecule has 2 fully saturated rings. The number of fused-ring (bicyclic) bond motifs is 2. The van der Waals surface area contributed by atoms with Gasteiger partial charge in [0.05, 0.1) is 13.2 Å². The molecule has 5 heteroatoms. The fourth-order valence-corrected chi connectivity index (χ4v) is 6.26. The van der Waals surface area contributed by atoms with Crippen LogP contribution in [0.3, 0.4) is 0 Å². The Kier molecular flexibility index (Phi) is 7.92. The number of hydrogen-bond acceptors (Lipinski definition) is 4. The zero-order valence-corrected chi connectivity index (χ0v) is 22.3. The maximum Gasteiger partial charge on any atom is 0.253 e. The van der Waals surface area contributed by atoms with Gasteiger partial charge in [0.25, 0.3) is 5.91 Å². The van der Waals surface area contributed by atoms with E-state index in [1.165, 1.54) is 29.5 Å². The second-order valence-corrected chi connectivity index (χ2v) is 10.3. The highest BCUT2D eigenvalue weighted by atomic mass is 16.5. The lowest BCUT2D eigenvalue weighted by molar-refractivity contribution is 0.0403. The first kappa shape index (κ1) is 25.5. The Morgan fingerprint density at radius 1 is 0.892 bits per heavy atom. The van der Waals surface area contributed by atoms with Crippen LogP contribution in [0.4, 0.5) is 0 Å². The van der Waals surface area contributed by atoms with Crippen LogP contribution in [0.25, 0.3) is 0 Å². The van der Waals surface area contributed by atoms with Crippen molar-refractivity contribution in [3.63, 3.8) is 0 Å². The molecule has 0 saturated carbocycles. The lowest BCUT2D eigenvalue weighted by Gasteiger charge is -2.45. The molecule has 3 aromatic rings. The number of ether oxygens (including phenoxy) is 1. The normalized spacial score (nSPS) is 20.5. The lowest BCUT2D eigenvalue weighted by Crippen LogP contribution is -2.54. The van der Waals surface area contributed by atoms with Crippen LogP contribution < -0.4 is 4.74 Å². The van der Waals surface area contributed by atoms with Crippen molar-refractivity contribution in [1.82, 2.24) is 14.7 Å². The summed E-state index contributed by atoms with van der Waals surface area (Å²) in [7, 11) is 1.73. The van der Waals surface area contributed by atoms with E-state index in [9.17, 15) is 4.79 Å². The number of amides is 1. The van der Waals surface area contributed by atoms with Gasteiger partial charge in [-0.2, -0.15) is 0 Å². The largest absolute Gasteiger partial charge is 0.497 e. The first-order valence-corrected chi connectivity index (χ1v) is 13.7. The number of methoxy groups -OCH3 is 1. The van der Waals surface area contributed by atoms with Gasteiger partial charge in [-0.15, -0.1) is 0 Å². The van der Waals surface area contributed by atoms with E-state index in [1.54, 1.807) is 7.11 Å². The molecule has 194 valence electrons. The van der Waals surface area contributed by atoms with E-state index in [0.29, 0.717) is 12.1 Å². The number of likely N-dealkylation sites (tertiary alicyclic amines) is 1. The van der Waals surface area contributed by atoms with Gasteiger partial charge < -0.3 is 9.64 Å². The zero-order chi connectivity index (χ0) is 25.8. The molecule has 3 aromatic carbocycles. The fourth-order valence-electron chi connectivity index (χ4n) is 6.26. The molecule has 0 aromatic heterocycles. The molecule has 2 saturated heterocycles. The molecule has 0 aliphatic carbocycles. The van der Waals surface area contributed by atoms with E-state index in [1.807, 2.05) is 36.9 Å². The van der Waals surface area contributed by atoms with Crippen molar-refractivity contribution in [2.75, 3.05) is 33.3 Å². The van der Waals surface area contributed by atoms with Gasteiger partial charge in [-0.05, 0) is 67.6 Å². The SMILES string of the molecule is CCN(CC)C(=O)c1ccc(C(c2cccc(OC)c2)N2C3CCC2CN(Cc2ccccc2)C3)cc1. The van der Waals surface area contributed by atoms with Crippen LogP contribution in [0.1, 0.15) is 59.8 Å². The maximum absolute atomic E-state index is 12.9. The third-order valence-corrected chi connectivity index (χ3v) is 8.09. The van der Waals surface area contributed by atoms with Gasteiger partial charge in [0.15, 0.2) is 0 Å². The highest BCUT2D eigenvalue weighted by Gasteiger charge is 2.44. The van der Waals surface area contributed by atoms with Crippen molar-refractivity contribution in [1.29, 1.82) is 0 Å². The average molecular weight is 498 g/mol. The monoisotopic (exact) mass is 497 g/mol. The summed E-state index contributed by atoms with van der Waals surface area (Å²) in [6.07, 6.45) is 2.43. The first-order chi connectivity index (χ1) is 18.1. The second kappa shape index (κ2) is 11.5. The van der Waals surface area contributed by atoms with Crippen molar-refractivity contribution >= 4 is 5.91 Å². The lowest BCUT2D eigenvalue weighted by atomic mass is 9.93. The van der Waals surface area contributed by atoms with Gasteiger partial charge in [0.1, 0.15) is 5.75 Å². The Morgan fingerprint density at radius 3 is 2.19 bits per heavy atom. The molecule has 5 nitrogen and oxygen atoms in total. The van der Waals surface area contributed by atoms with Crippen LogP contribution in [0.2, 0.25) is 0 Å². The van der Waals surface area contributed by atoms with E-state index in [4.69, 9.17) is 4.74 Å². The Bertz CT molecular complexity index is 1160. The maximum atomic E-state index is 12.9. The number of carbonyl (C=O) groups is 1. The smallest absolute Gasteiger partial charge is 0.253 e. The van der Waals surface area contributed by atoms with Crippen molar-refractivity contribution in [3.8, 4) is 5.75 Å². The Balaban J connectivity index is 1.44. The number of rotatable bonds is 9. The second-order valence-electron chi connectivity index (χ2n) is 10.3. The molecule has 2 aliphatic rings. The van der Waals surface area contributed by atoms with Crippen LogP contribution in [0.15, 0.2) is 78.9 Å². The van der Waals surface area contributed by atoms with Crippen LogP contribution in [0.5, 0.6) is 5.75 Å². The molecule has 0 radical (unpaired) electrons. The molecule has 1 amide bonds. The molecule has 2 aliphatic heterocycles. The predicted molar refractivity (Wildman–Crippen MR) is 149 cm³/mol. The minimum atomic E-state index is 0.101. The Labute approximate surface area is 221 Å². The van der Waals surface area contributed by atoms with Crippen molar-refractivity contribution < 1.29 is 9.53 Å². The van der Waals surface area contributed by atoms with Gasteiger partial charge in [0, 0.05) is 50.4 Å². The Hall–Kier alpha value is -3.15. The van der Waals surface area contributed by atoms with Crippen LogP contribution in [0, 0.1) is 0 Å². The third kappa shape index (κ3) is 5.43. The van der Waals surface area contributed by atoms with Crippen molar-refractivity contribution in [3.05, 3.63) is 101 Å². The van der Waals surface area contributed by atoms with Gasteiger partial charge >= 0.3 is 0 Å². The van der Waals surface area contributed by atoms with E-state index >= 15 is 0 Å². The standard InChI is InChI=1S/C32H39N3O2/c1-4-34(5-2)32(36)26-16-14-25(15-17-26)31(27-12-9-13-30(20-27)37-3)35-28-18-19-29(35)23-33(22-28)21-24-10-7-6-8-11-24/h6-17,20,28-29,31H,4-5,18-19,21-23H2,1-3H3. The van der Waals surface area contributed by atoms with E-state index in [0.717, 1.165) is 44.0 Å². The topological polar surface area (TPSA) is 36.0 Å². The van der Waals surface area contributed by atoms with Gasteiger partial charge in [-0.1, -0.05) is 54.6 Å². The van der Waals surface area contributed by atoms with E-state index in [-0.39, 0.29) is 11.9 Å². The first-order valence-electron chi connectivity index (χ1n) is 13.7. The number of benzene rings is 3. The number of hydrogen-bond donors (Lipinski definition) is 0. The van der Waals surface area contributed by atoms with Crippen LogP contribution in [-0.2, 0) is 6.54 Å². The molecule has 3 atom stereocenters. The van der Waals surface area contributed by atoms with E-state index < -0.39 is 0 Å². The number of carbonyl (C=O) groups excluding carboxylic acids is 1. The van der Waals surface area contributed by atoms with Crippen LogP contribution in [-0.4, -0.2) is 66.0 Å². The van der Waals surface area contributed by atoms with Crippen molar-refractivity contribution in [2.24, 2.45) is 0 Å². The minimum absolute atomic E-state index is 0.101. The highest BCUT2D eigenvalue weighted by Crippen LogP contribution is 2.42. The molecule has 3 unspecified atom stereocenters. The summed E-state index contributed by atoms with van der Waals surface area (Å²) in [5.41, 5.74) is 4.62. The van der Waals surface area contributed by atoms with Crippen LogP contribution >= 0.6 is 0 Å². The Morgan fingerprint density at radius 2 is 1.57 bits per heavy atom. The molecule has 37 heavy (non-hydrogen) atoms. The summed E-state index contributed by atoms with van der Waals surface area (Å²) in [6.45, 7) is 8.66.